The summed E-state index contributed by atoms with van der Waals surface area (Å²) in [7, 11) is -4.03. The first-order chi connectivity index (χ1) is 17.7. The van der Waals surface area contributed by atoms with Crippen LogP contribution < -0.4 is 15.1 Å². The topological polar surface area (TPSA) is 103 Å². The number of carbonyl (C=O) groups excluding carboxylic acids is 1. The zero-order chi connectivity index (χ0) is 26.2. The minimum absolute atomic E-state index is 0.0419. The van der Waals surface area contributed by atoms with Gasteiger partial charge >= 0.3 is 11.6 Å². The van der Waals surface area contributed by atoms with Gasteiger partial charge in [0.05, 0.1) is 4.90 Å². The van der Waals surface area contributed by atoms with Crippen LogP contribution in [-0.2, 0) is 27.7 Å². The van der Waals surface area contributed by atoms with E-state index in [1.807, 2.05) is 6.92 Å². The SMILES string of the molecule is Cc1ccc(S(=O)(=O)NC(C(=O)Oc2ccc3c4c(c(=O)oc3c2C)CCCC4)c2ccccc2)cc1. The zero-order valence-corrected chi connectivity index (χ0v) is 21.4. The number of benzene rings is 3. The Morgan fingerprint density at radius 1 is 0.919 bits per heavy atom. The van der Waals surface area contributed by atoms with Gasteiger partial charge in [0.1, 0.15) is 17.4 Å². The summed E-state index contributed by atoms with van der Waals surface area (Å²) in [6.45, 7) is 3.58. The third kappa shape index (κ3) is 4.95. The Morgan fingerprint density at radius 2 is 1.59 bits per heavy atom. The van der Waals surface area contributed by atoms with Crippen LogP contribution in [0.3, 0.4) is 0 Å². The molecule has 1 aliphatic rings. The molecule has 1 aromatic heterocycles. The van der Waals surface area contributed by atoms with E-state index < -0.39 is 22.0 Å². The number of rotatable bonds is 6. The molecule has 0 saturated carbocycles. The van der Waals surface area contributed by atoms with Crippen molar-refractivity contribution in [3.05, 3.63) is 105 Å². The smallest absolute Gasteiger partial charge is 0.339 e. The van der Waals surface area contributed by atoms with Gasteiger partial charge in [0.25, 0.3) is 0 Å². The molecular weight excluding hydrogens is 490 g/mol. The lowest BCUT2D eigenvalue weighted by molar-refractivity contribution is -0.136. The van der Waals surface area contributed by atoms with Gasteiger partial charge in [-0.2, -0.15) is 4.72 Å². The molecule has 1 unspecified atom stereocenters. The summed E-state index contributed by atoms with van der Waals surface area (Å²) in [5.74, 6) is -0.600. The number of fused-ring (bicyclic) bond motifs is 3. The largest absolute Gasteiger partial charge is 0.425 e. The minimum atomic E-state index is -4.03. The summed E-state index contributed by atoms with van der Waals surface area (Å²) in [5.41, 5.74) is 3.59. The van der Waals surface area contributed by atoms with Crippen molar-refractivity contribution in [1.29, 1.82) is 0 Å². The Hall–Kier alpha value is -3.75. The quantitative estimate of drug-likeness (QED) is 0.221. The first-order valence-corrected chi connectivity index (χ1v) is 13.7. The van der Waals surface area contributed by atoms with Crippen molar-refractivity contribution >= 4 is 27.0 Å². The number of nitrogens with one attached hydrogen (secondary N) is 1. The van der Waals surface area contributed by atoms with Crippen LogP contribution in [0, 0.1) is 13.8 Å². The van der Waals surface area contributed by atoms with Crippen LogP contribution in [0.2, 0.25) is 0 Å². The number of ether oxygens (including phenoxy) is 1. The highest BCUT2D eigenvalue weighted by Crippen LogP contribution is 2.33. The zero-order valence-electron chi connectivity index (χ0n) is 20.6. The van der Waals surface area contributed by atoms with Crippen LogP contribution in [0.4, 0.5) is 0 Å². The fourth-order valence-electron chi connectivity index (χ4n) is 4.74. The summed E-state index contributed by atoms with van der Waals surface area (Å²) in [4.78, 5) is 26.1. The summed E-state index contributed by atoms with van der Waals surface area (Å²) in [6.07, 6.45) is 3.45. The molecule has 1 heterocycles. The first-order valence-electron chi connectivity index (χ1n) is 12.2. The maximum Gasteiger partial charge on any atom is 0.339 e. The Kier molecular flexibility index (Phi) is 6.70. The molecule has 3 aromatic carbocycles. The standard InChI is InChI=1S/C29H27NO6S/c1-18-12-14-21(15-13-18)37(33,34)30-26(20-8-4-3-5-9-20)29(32)35-25-17-16-23-22-10-6-7-11-24(22)28(31)36-27(23)19(25)2/h3-5,8-9,12-17,26,30H,6-7,10-11H2,1-2H3. The molecule has 0 aliphatic heterocycles. The van der Waals surface area contributed by atoms with E-state index in [0.29, 0.717) is 23.1 Å². The molecule has 8 heteroatoms. The molecule has 0 amide bonds. The highest BCUT2D eigenvalue weighted by atomic mass is 32.2. The molecule has 1 atom stereocenters. The molecular formula is C29H27NO6S. The average molecular weight is 518 g/mol. The van der Waals surface area contributed by atoms with Crippen molar-refractivity contribution in [2.24, 2.45) is 0 Å². The highest BCUT2D eigenvalue weighted by Gasteiger charge is 2.30. The normalized spacial score (nSPS) is 14.2. The van der Waals surface area contributed by atoms with E-state index in [1.54, 1.807) is 61.5 Å². The molecule has 4 aromatic rings. The lowest BCUT2D eigenvalue weighted by atomic mass is 9.90. The van der Waals surface area contributed by atoms with Gasteiger partial charge in [0.2, 0.25) is 10.0 Å². The van der Waals surface area contributed by atoms with Crippen molar-refractivity contribution in [2.75, 3.05) is 0 Å². The summed E-state index contributed by atoms with van der Waals surface area (Å²) in [5, 5.41) is 0.839. The van der Waals surface area contributed by atoms with Gasteiger partial charge in [-0.15, -0.1) is 0 Å². The van der Waals surface area contributed by atoms with Crippen LogP contribution in [0.15, 0.2) is 80.8 Å². The minimum Gasteiger partial charge on any atom is -0.425 e. The van der Waals surface area contributed by atoms with Gasteiger partial charge in [-0.3, -0.25) is 0 Å². The molecule has 0 saturated heterocycles. The van der Waals surface area contributed by atoms with Gasteiger partial charge in [-0.1, -0.05) is 48.0 Å². The Morgan fingerprint density at radius 3 is 2.30 bits per heavy atom. The molecule has 37 heavy (non-hydrogen) atoms. The third-order valence-electron chi connectivity index (χ3n) is 6.77. The molecule has 7 nitrogen and oxygen atoms in total. The highest BCUT2D eigenvalue weighted by molar-refractivity contribution is 7.89. The molecule has 0 spiro atoms. The van der Waals surface area contributed by atoms with E-state index in [4.69, 9.17) is 9.15 Å². The lowest BCUT2D eigenvalue weighted by Crippen LogP contribution is -2.36. The van der Waals surface area contributed by atoms with Crippen LogP contribution in [0.5, 0.6) is 5.75 Å². The van der Waals surface area contributed by atoms with E-state index >= 15 is 0 Å². The summed E-state index contributed by atoms with van der Waals surface area (Å²) < 4.78 is 40.1. The average Bonchev–Trinajstić information content (AvgIpc) is 2.90. The number of esters is 1. The van der Waals surface area contributed by atoms with Crippen molar-refractivity contribution < 1.29 is 22.4 Å². The van der Waals surface area contributed by atoms with Gasteiger partial charge in [0, 0.05) is 16.5 Å². The van der Waals surface area contributed by atoms with Gasteiger partial charge in [-0.25, -0.2) is 18.0 Å². The predicted molar refractivity (Wildman–Crippen MR) is 140 cm³/mol. The molecule has 0 bridgehead atoms. The second-order valence-electron chi connectivity index (χ2n) is 9.32. The molecule has 0 fully saturated rings. The van der Waals surface area contributed by atoms with Crippen LogP contribution in [0.25, 0.3) is 11.0 Å². The molecule has 1 aliphatic carbocycles. The van der Waals surface area contributed by atoms with Crippen LogP contribution in [-0.4, -0.2) is 14.4 Å². The molecule has 1 N–H and O–H groups in total. The van der Waals surface area contributed by atoms with Crippen molar-refractivity contribution in [3.63, 3.8) is 0 Å². The Bertz CT molecular complexity index is 1640. The monoisotopic (exact) mass is 517 g/mol. The van der Waals surface area contributed by atoms with Crippen molar-refractivity contribution in [3.8, 4) is 5.75 Å². The Balaban J connectivity index is 1.50. The van der Waals surface area contributed by atoms with Crippen molar-refractivity contribution in [1.82, 2.24) is 4.72 Å². The molecule has 190 valence electrons. The van der Waals surface area contributed by atoms with E-state index in [1.165, 1.54) is 12.1 Å². The predicted octanol–water partition coefficient (Wildman–Crippen LogP) is 4.91. The number of hydrogen-bond donors (Lipinski definition) is 1. The third-order valence-corrected chi connectivity index (χ3v) is 8.21. The van der Waals surface area contributed by atoms with E-state index in [9.17, 15) is 18.0 Å². The second-order valence-corrected chi connectivity index (χ2v) is 11.0. The molecule has 0 radical (unpaired) electrons. The lowest BCUT2D eigenvalue weighted by Gasteiger charge is -2.20. The fraction of sp³-hybridized carbons (Fsp3) is 0.241. The Labute approximate surface area is 215 Å². The maximum absolute atomic E-state index is 13.4. The maximum atomic E-state index is 13.4. The molecule has 5 rings (SSSR count). The van der Waals surface area contributed by atoms with Crippen LogP contribution >= 0.6 is 0 Å². The summed E-state index contributed by atoms with van der Waals surface area (Å²) >= 11 is 0. The van der Waals surface area contributed by atoms with E-state index in [-0.39, 0.29) is 16.3 Å². The van der Waals surface area contributed by atoms with E-state index in [0.717, 1.165) is 41.3 Å². The number of hydrogen-bond acceptors (Lipinski definition) is 6. The second kappa shape index (κ2) is 9.95. The summed E-state index contributed by atoms with van der Waals surface area (Å²) in [6, 6.07) is 17.0. The number of aryl methyl sites for hydroxylation is 3. The van der Waals surface area contributed by atoms with Gasteiger partial charge < -0.3 is 9.15 Å². The van der Waals surface area contributed by atoms with E-state index in [2.05, 4.69) is 4.72 Å². The van der Waals surface area contributed by atoms with Gasteiger partial charge in [-0.05, 0) is 74.9 Å². The number of sulfonamides is 1. The number of carbonyl (C=O) groups is 1. The van der Waals surface area contributed by atoms with Crippen molar-refractivity contribution in [2.45, 2.75) is 50.5 Å². The van der Waals surface area contributed by atoms with Crippen LogP contribution in [0.1, 0.15) is 46.7 Å². The fourth-order valence-corrected chi connectivity index (χ4v) is 5.91. The first kappa shape index (κ1) is 24.9. The van der Waals surface area contributed by atoms with Gasteiger partial charge in [0.15, 0.2) is 0 Å².